The third kappa shape index (κ3) is 3.45. The number of rotatable bonds is 7. The van der Waals surface area contributed by atoms with Crippen LogP contribution in [0.1, 0.15) is 32.3 Å². The molecule has 1 rings (SSSR count). The molecule has 0 aliphatic rings. The van der Waals surface area contributed by atoms with Crippen molar-refractivity contribution in [3.05, 3.63) is 23.8 Å². The van der Waals surface area contributed by atoms with E-state index in [0.717, 1.165) is 12.8 Å². The molecule has 0 unspecified atom stereocenters. The first-order valence-electron chi connectivity index (χ1n) is 6.63. The molecule has 0 atom stereocenters. The van der Waals surface area contributed by atoms with Crippen molar-refractivity contribution in [3.63, 3.8) is 0 Å². The number of benzene rings is 1. The average molecular weight is 320 g/mol. The van der Waals surface area contributed by atoms with Gasteiger partial charge < -0.3 is 4.74 Å². The summed E-state index contributed by atoms with van der Waals surface area (Å²) in [4.78, 5) is 0.253. The number of nitrogens with zero attached hydrogens (tertiary/aromatic N) is 1. The van der Waals surface area contributed by atoms with Crippen LogP contribution in [0, 0.1) is 0 Å². The van der Waals surface area contributed by atoms with E-state index in [1.54, 1.807) is 25.2 Å². The van der Waals surface area contributed by atoms with E-state index in [4.69, 9.17) is 16.3 Å². The number of hydrogen-bond donors (Lipinski definition) is 0. The largest absolute Gasteiger partial charge is 0.496 e. The number of ether oxygens (including phenoxy) is 1. The topological polar surface area (TPSA) is 46.6 Å². The summed E-state index contributed by atoms with van der Waals surface area (Å²) in [6, 6.07) is 4.79. The standard InChI is InChI=1S/C14H22ClNO3S/c1-5-12(6-2)16(3)20(17,18)13-7-8-14(19-4)11(9-13)10-15/h7-9,12H,5-6,10H2,1-4H3. The molecule has 0 saturated heterocycles. The predicted molar refractivity (Wildman–Crippen MR) is 81.9 cm³/mol. The molecule has 1 aromatic carbocycles. The SMILES string of the molecule is CCC(CC)N(C)S(=O)(=O)c1ccc(OC)c(CCl)c1. The number of sulfonamides is 1. The highest BCUT2D eigenvalue weighted by Gasteiger charge is 2.26. The van der Waals surface area contributed by atoms with Gasteiger partial charge in [0.15, 0.2) is 0 Å². The maximum absolute atomic E-state index is 12.6. The van der Waals surface area contributed by atoms with Gasteiger partial charge in [0.05, 0.1) is 17.9 Å². The van der Waals surface area contributed by atoms with Crippen LogP contribution >= 0.6 is 11.6 Å². The molecule has 0 amide bonds. The number of alkyl halides is 1. The molecule has 0 aliphatic carbocycles. The Balaban J connectivity index is 3.22. The molecule has 6 heteroatoms. The zero-order valence-corrected chi connectivity index (χ0v) is 14.0. The lowest BCUT2D eigenvalue weighted by Crippen LogP contribution is -2.36. The lowest BCUT2D eigenvalue weighted by molar-refractivity contribution is 0.349. The van der Waals surface area contributed by atoms with Crippen molar-refractivity contribution in [1.29, 1.82) is 0 Å². The molecular formula is C14H22ClNO3S. The monoisotopic (exact) mass is 319 g/mol. The van der Waals surface area contributed by atoms with Crippen LogP contribution in [0.15, 0.2) is 23.1 Å². The lowest BCUT2D eigenvalue weighted by atomic mass is 10.2. The van der Waals surface area contributed by atoms with Crippen molar-refractivity contribution in [1.82, 2.24) is 4.31 Å². The van der Waals surface area contributed by atoms with Crippen LogP contribution in [0.2, 0.25) is 0 Å². The molecule has 20 heavy (non-hydrogen) atoms. The first-order valence-corrected chi connectivity index (χ1v) is 8.60. The van der Waals surface area contributed by atoms with Crippen molar-refractivity contribution in [2.75, 3.05) is 14.2 Å². The molecule has 0 radical (unpaired) electrons. The van der Waals surface area contributed by atoms with Gasteiger partial charge in [-0.25, -0.2) is 8.42 Å². The first-order chi connectivity index (χ1) is 9.42. The molecule has 0 aliphatic heterocycles. The normalized spacial score (nSPS) is 12.2. The van der Waals surface area contributed by atoms with Crippen molar-refractivity contribution in [2.45, 2.75) is 43.5 Å². The number of halogens is 1. The van der Waals surface area contributed by atoms with Gasteiger partial charge in [-0.05, 0) is 31.0 Å². The highest BCUT2D eigenvalue weighted by atomic mass is 35.5. The Hall–Kier alpha value is -0.780. The fraction of sp³-hybridized carbons (Fsp3) is 0.571. The molecule has 0 bridgehead atoms. The molecule has 0 saturated carbocycles. The van der Waals surface area contributed by atoms with Gasteiger partial charge in [-0.3, -0.25) is 0 Å². The average Bonchev–Trinajstić information content (AvgIpc) is 2.47. The van der Waals surface area contributed by atoms with Crippen molar-refractivity contribution in [2.24, 2.45) is 0 Å². The Kier molecular flexibility index (Phi) is 6.30. The van der Waals surface area contributed by atoms with E-state index in [2.05, 4.69) is 0 Å². The predicted octanol–water partition coefficient (Wildman–Crippen LogP) is 3.24. The summed E-state index contributed by atoms with van der Waals surface area (Å²) >= 11 is 5.84. The zero-order valence-electron chi connectivity index (χ0n) is 12.4. The van der Waals surface area contributed by atoms with Crippen LogP contribution < -0.4 is 4.74 Å². The van der Waals surface area contributed by atoms with E-state index in [1.807, 2.05) is 13.8 Å². The quantitative estimate of drug-likeness (QED) is 0.725. The van der Waals surface area contributed by atoms with E-state index in [9.17, 15) is 8.42 Å². The van der Waals surface area contributed by atoms with Gasteiger partial charge in [0.2, 0.25) is 10.0 Å². The second-order valence-electron chi connectivity index (χ2n) is 4.60. The summed E-state index contributed by atoms with van der Waals surface area (Å²) in [5.41, 5.74) is 0.674. The lowest BCUT2D eigenvalue weighted by Gasteiger charge is -2.25. The molecular weight excluding hydrogens is 298 g/mol. The van der Waals surface area contributed by atoms with Crippen molar-refractivity contribution >= 4 is 21.6 Å². The number of methoxy groups -OCH3 is 1. The van der Waals surface area contributed by atoms with Crippen molar-refractivity contribution in [3.8, 4) is 5.75 Å². The highest BCUT2D eigenvalue weighted by Crippen LogP contribution is 2.26. The Morgan fingerprint density at radius 1 is 1.30 bits per heavy atom. The number of hydrogen-bond acceptors (Lipinski definition) is 3. The van der Waals surface area contributed by atoms with Crippen LogP contribution in [-0.2, 0) is 15.9 Å². The zero-order chi connectivity index (χ0) is 15.3. The molecule has 0 heterocycles. The van der Waals surface area contributed by atoms with Crippen LogP contribution in [0.25, 0.3) is 0 Å². The van der Waals surface area contributed by atoms with Crippen LogP contribution in [0.5, 0.6) is 5.75 Å². The highest BCUT2D eigenvalue weighted by molar-refractivity contribution is 7.89. The third-order valence-electron chi connectivity index (χ3n) is 3.53. The summed E-state index contributed by atoms with van der Waals surface area (Å²) in [6.07, 6.45) is 1.56. The van der Waals surface area contributed by atoms with Crippen LogP contribution in [-0.4, -0.2) is 32.9 Å². The second-order valence-corrected chi connectivity index (χ2v) is 6.86. The molecule has 0 aromatic heterocycles. The molecule has 114 valence electrons. The van der Waals surface area contributed by atoms with E-state index in [1.165, 1.54) is 11.4 Å². The summed E-state index contributed by atoms with van der Waals surface area (Å²) < 4.78 is 31.8. The minimum atomic E-state index is -3.50. The summed E-state index contributed by atoms with van der Waals surface area (Å²) in [5.74, 6) is 0.811. The Labute approximate surface area is 126 Å². The summed E-state index contributed by atoms with van der Waals surface area (Å²) in [7, 11) is -0.341. The molecule has 0 spiro atoms. The van der Waals surface area contributed by atoms with Gasteiger partial charge in [0.25, 0.3) is 0 Å². The summed E-state index contributed by atoms with van der Waals surface area (Å²) in [5, 5.41) is 0. The van der Waals surface area contributed by atoms with Crippen molar-refractivity contribution < 1.29 is 13.2 Å². The van der Waals surface area contributed by atoms with E-state index in [-0.39, 0.29) is 16.8 Å². The van der Waals surface area contributed by atoms with E-state index >= 15 is 0 Å². The maximum Gasteiger partial charge on any atom is 0.243 e. The minimum absolute atomic E-state index is 0.00144. The molecule has 0 N–H and O–H groups in total. The smallest absolute Gasteiger partial charge is 0.243 e. The third-order valence-corrected chi connectivity index (χ3v) is 5.72. The fourth-order valence-electron chi connectivity index (χ4n) is 2.19. The van der Waals surface area contributed by atoms with Gasteiger partial charge in [-0.15, -0.1) is 11.6 Å². The Morgan fingerprint density at radius 3 is 2.35 bits per heavy atom. The Bertz CT molecular complexity index is 541. The van der Waals surface area contributed by atoms with Gasteiger partial charge in [0.1, 0.15) is 5.75 Å². The second kappa shape index (κ2) is 7.29. The first kappa shape index (κ1) is 17.3. The molecule has 4 nitrogen and oxygen atoms in total. The van der Waals surface area contributed by atoms with Crippen LogP contribution in [0.3, 0.4) is 0 Å². The molecule has 0 fully saturated rings. The van der Waals surface area contributed by atoms with Gasteiger partial charge in [0, 0.05) is 18.7 Å². The van der Waals surface area contributed by atoms with Gasteiger partial charge in [-0.2, -0.15) is 4.31 Å². The Morgan fingerprint density at radius 2 is 1.90 bits per heavy atom. The molecule has 1 aromatic rings. The van der Waals surface area contributed by atoms with E-state index < -0.39 is 10.0 Å². The van der Waals surface area contributed by atoms with E-state index in [0.29, 0.717) is 11.3 Å². The van der Waals surface area contributed by atoms with Gasteiger partial charge >= 0.3 is 0 Å². The maximum atomic E-state index is 12.6. The van der Waals surface area contributed by atoms with Crippen LogP contribution in [0.4, 0.5) is 0 Å². The fourth-order valence-corrected chi connectivity index (χ4v) is 3.95. The minimum Gasteiger partial charge on any atom is -0.496 e. The summed E-state index contributed by atoms with van der Waals surface area (Å²) in [6.45, 7) is 3.97. The van der Waals surface area contributed by atoms with Gasteiger partial charge in [-0.1, -0.05) is 13.8 Å².